The van der Waals surface area contributed by atoms with Gasteiger partial charge in [-0.15, -0.1) is 0 Å². The standard InChI is InChI=1S/C14H11ClN2/c1-16-14-9-5-2-3-7-11(9)17-12-8-4-6-10(15)13(12)14/h2-8H,1H3,(H,16,17). The Kier molecular flexibility index (Phi) is 2.37. The highest BCUT2D eigenvalue weighted by Crippen LogP contribution is 2.34. The van der Waals surface area contributed by atoms with Gasteiger partial charge >= 0.3 is 0 Å². The fourth-order valence-corrected chi connectivity index (χ4v) is 2.42. The first-order valence-corrected chi connectivity index (χ1v) is 5.84. The molecule has 1 heterocycles. The second-order valence-corrected chi connectivity index (χ2v) is 4.30. The van der Waals surface area contributed by atoms with Gasteiger partial charge in [0.1, 0.15) is 0 Å². The number of nitrogens with one attached hydrogen (secondary N) is 1. The first-order valence-electron chi connectivity index (χ1n) is 5.46. The van der Waals surface area contributed by atoms with Crippen molar-refractivity contribution in [2.75, 3.05) is 12.4 Å². The number of hydrogen-bond acceptors (Lipinski definition) is 2. The minimum Gasteiger partial charge on any atom is -0.387 e. The molecule has 0 unspecified atom stereocenters. The van der Waals surface area contributed by atoms with Gasteiger partial charge < -0.3 is 5.32 Å². The molecular formula is C14H11ClN2. The fourth-order valence-electron chi connectivity index (χ4n) is 2.16. The van der Waals surface area contributed by atoms with E-state index in [0.717, 1.165) is 32.5 Å². The van der Waals surface area contributed by atoms with Crippen LogP contribution in [0.5, 0.6) is 0 Å². The Morgan fingerprint density at radius 3 is 2.59 bits per heavy atom. The lowest BCUT2D eigenvalue weighted by Crippen LogP contribution is -1.94. The van der Waals surface area contributed by atoms with Crippen molar-refractivity contribution in [3.05, 3.63) is 47.5 Å². The second kappa shape index (κ2) is 3.90. The molecule has 0 aliphatic rings. The van der Waals surface area contributed by atoms with Gasteiger partial charge in [-0.3, -0.25) is 0 Å². The summed E-state index contributed by atoms with van der Waals surface area (Å²) in [4.78, 5) is 4.62. The first kappa shape index (κ1) is 10.4. The van der Waals surface area contributed by atoms with Gasteiger partial charge in [0.05, 0.1) is 21.7 Å². The van der Waals surface area contributed by atoms with Gasteiger partial charge in [-0.2, -0.15) is 0 Å². The van der Waals surface area contributed by atoms with Crippen LogP contribution in [0.3, 0.4) is 0 Å². The Hall–Kier alpha value is -1.80. The van der Waals surface area contributed by atoms with Crippen molar-refractivity contribution in [1.82, 2.24) is 4.98 Å². The number of para-hydroxylation sites is 1. The molecule has 0 atom stereocenters. The zero-order valence-electron chi connectivity index (χ0n) is 9.37. The molecule has 2 nitrogen and oxygen atoms in total. The van der Waals surface area contributed by atoms with Crippen molar-refractivity contribution in [3.8, 4) is 0 Å². The van der Waals surface area contributed by atoms with Crippen LogP contribution in [0.15, 0.2) is 42.5 Å². The predicted molar refractivity (Wildman–Crippen MR) is 73.8 cm³/mol. The van der Waals surface area contributed by atoms with E-state index in [2.05, 4.69) is 16.4 Å². The fraction of sp³-hybridized carbons (Fsp3) is 0.0714. The van der Waals surface area contributed by atoms with E-state index in [1.807, 2.05) is 43.4 Å². The van der Waals surface area contributed by atoms with Crippen LogP contribution in [0.25, 0.3) is 21.8 Å². The minimum atomic E-state index is 0.727. The van der Waals surface area contributed by atoms with E-state index >= 15 is 0 Å². The van der Waals surface area contributed by atoms with E-state index < -0.39 is 0 Å². The quantitative estimate of drug-likeness (QED) is 0.651. The number of fused-ring (bicyclic) bond motifs is 2. The van der Waals surface area contributed by atoms with E-state index in [-0.39, 0.29) is 0 Å². The summed E-state index contributed by atoms with van der Waals surface area (Å²) in [7, 11) is 1.91. The number of anilines is 1. The van der Waals surface area contributed by atoms with E-state index in [4.69, 9.17) is 11.6 Å². The van der Waals surface area contributed by atoms with Crippen LogP contribution in [0, 0.1) is 0 Å². The largest absolute Gasteiger partial charge is 0.387 e. The van der Waals surface area contributed by atoms with Gasteiger partial charge in [0.15, 0.2) is 0 Å². The van der Waals surface area contributed by atoms with Gasteiger partial charge in [0, 0.05) is 17.8 Å². The Balaban J connectivity index is 2.59. The predicted octanol–water partition coefficient (Wildman–Crippen LogP) is 4.08. The minimum absolute atomic E-state index is 0.727. The maximum absolute atomic E-state index is 6.26. The number of nitrogens with zero attached hydrogens (tertiary/aromatic N) is 1. The molecule has 2 aromatic carbocycles. The number of halogens is 1. The lowest BCUT2D eigenvalue weighted by molar-refractivity contribution is 1.47. The molecule has 17 heavy (non-hydrogen) atoms. The zero-order valence-corrected chi connectivity index (χ0v) is 10.1. The van der Waals surface area contributed by atoms with Crippen LogP contribution in [0.2, 0.25) is 5.02 Å². The smallest absolute Gasteiger partial charge is 0.0745 e. The molecule has 84 valence electrons. The maximum atomic E-state index is 6.26. The van der Waals surface area contributed by atoms with Crippen molar-refractivity contribution in [3.63, 3.8) is 0 Å². The molecule has 0 spiro atoms. The molecule has 0 aliphatic carbocycles. The van der Waals surface area contributed by atoms with E-state index in [9.17, 15) is 0 Å². The SMILES string of the molecule is CNc1c2ccccc2nc2cccc(Cl)c12. The highest BCUT2D eigenvalue weighted by molar-refractivity contribution is 6.37. The molecule has 1 N–H and O–H groups in total. The monoisotopic (exact) mass is 242 g/mol. The normalized spacial score (nSPS) is 10.9. The number of rotatable bonds is 1. The molecule has 0 aliphatic heterocycles. The van der Waals surface area contributed by atoms with Crippen molar-refractivity contribution in [2.24, 2.45) is 0 Å². The summed E-state index contributed by atoms with van der Waals surface area (Å²) >= 11 is 6.26. The third kappa shape index (κ3) is 1.53. The number of benzene rings is 2. The molecule has 0 fully saturated rings. The third-order valence-corrected chi connectivity index (χ3v) is 3.22. The molecule has 3 heteroatoms. The molecule has 0 saturated carbocycles. The van der Waals surface area contributed by atoms with Crippen LogP contribution in [0.1, 0.15) is 0 Å². The molecule has 0 saturated heterocycles. The van der Waals surface area contributed by atoms with Gasteiger partial charge in [0.2, 0.25) is 0 Å². The maximum Gasteiger partial charge on any atom is 0.0745 e. The number of pyridine rings is 1. The summed E-state index contributed by atoms with van der Waals surface area (Å²) in [6.07, 6.45) is 0. The molecular weight excluding hydrogens is 232 g/mol. The molecule has 0 radical (unpaired) electrons. The summed E-state index contributed by atoms with van der Waals surface area (Å²) in [5.41, 5.74) is 2.93. The van der Waals surface area contributed by atoms with Crippen molar-refractivity contribution < 1.29 is 0 Å². The van der Waals surface area contributed by atoms with Crippen LogP contribution < -0.4 is 5.32 Å². The molecule has 3 aromatic rings. The van der Waals surface area contributed by atoms with E-state index in [0.29, 0.717) is 0 Å². The summed E-state index contributed by atoms with van der Waals surface area (Å²) in [6, 6.07) is 13.9. The van der Waals surface area contributed by atoms with Crippen LogP contribution in [-0.4, -0.2) is 12.0 Å². The molecule has 1 aromatic heterocycles. The van der Waals surface area contributed by atoms with Gasteiger partial charge in [0.25, 0.3) is 0 Å². The Morgan fingerprint density at radius 1 is 1.00 bits per heavy atom. The summed E-state index contributed by atoms with van der Waals surface area (Å²) in [6.45, 7) is 0. The molecule has 0 amide bonds. The Bertz CT molecular complexity index is 707. The van der Waals surface area contributed by atoms with Crippen LogP contribution in [-0.2, 0) is 0 Å². The van der Waals surface area contributed by atoms with Gasteiger partial charge in [-0.25, -0.2) is 4.98 Å². The summed E-state index contributed by atoms with van der Waals surface area (Å²) in [5.74, 6) is 0. The highest BCUT2D eigenvalue weighted by Gasteiger charge is 2.09. The van der Waals surface area contributed by atoms with Gasteiger partial charge in [-0.1, -0.05) is 35.9 Å². The Morgan fingerprint density at radius 2 is 1.76 bits per heavy atom. The average Bonchev–Trinajstić information content (AvgIpc) is 2.36. The highest BCUT2D eigenvalue weighted by atomic mass is 35.5. The summed E-state index contributed by atoms with van der Waals surface area (Å²) in [5, 5.41) is 6.03. The Labute approximate surface area is 104 Å². The lowest BCUT2D eigenvalue weighted by atomic mass is 10.1. The molecule has 0 bridgehead atoms. The second-order valence-electron chi connectivity index (χ2n) is 3.89. The van der Waals surface area contributed by atoms with Crippen molar-refractivity contribution in [1.29, 1.82) is 0 Å². The molecule has 3 rings (SSSR count). The number of hydrogen-bond donors (Lipinski definition) is 1. The lowest BCUT2D eigenvalue weighted by Gasteiger charge is -2.11. The zero-order chi connectivity index (χ0) is 11.8. The van der Waals surface area contributed by atoms with Crippen LogP contribution in [0.4, 0.5) is 5.69 Å². The third-order valence-electron chi connectivity index (χ3n) is 2.91. The number of aromatic nitrogens is 1. The topological polar surface area (TPSA) is 24.9 Å². The summed E-state index contributed by atoms with van der Waals surface area (Å²) < 4.78 is 0. The van der Waals surface area contributed by atoms with Crippen LogP contribution >= 0.6 is 11.6 Å². The van der Waals surface area contributed by atoms with E-state index in [1.54, 1.807) is 0 Å². The van der Waals surface area contributed by atoms with Crippen molar-refractivity contribution >= 4 is 39.1 Å². The van der Waals surface area contributed by atoms with E-state index in [1.165, 1.54) is 0 Å². The van der Waals surface area contributed by atoms with Crippen molar-refractivity contribution in [2.45, 2.75) is 0 Å². The first-order chi connectivity index (χ1) is 8.31. The van der Waals surface area contributed by atoms with Gasteiger partial charge in [-0.05, 0) is 18.2 Å². The average molecular weight is 243 g/mol.